The summed E-state index contributed by atoms with van der Waals surface area (Å²) in [5, 5.41) is 15.2. The molecule has 64 heavy (non-hydrogen) atoms. The lowest BCUT2D eigenvalue weighted by Crippen LogP contribution is -2.41. The van der Waals surface area contributed by atoms with Gasteiger partial charge in [-0.2, -0.15) is 10.1 Å². The zero-order valence-corrected chi connectivity index (χ0v) is 37.9. The maximum Gasteiger partial charge on any atom is 0.267 e. The molecule has 4 fully saturated rings. The average Bonchev–Trinajstić information content (AvgIpc) is 4.14. The molecule has 2 atom stereocenters. The number of aryl methyl sites for hydroxylation is 1. The Morgan fingerprint density at radius 3 is 2.39 bits per heavy atom. The summed E-state index contributed by atoms with van der Waals surface area (Å²) in [7, 11) is 3.59. The standard InChI is InChI=1S/C46H53ClF4N10.C3H6/c1-25-7-8-31(26(2)53-25)42-34-10-9-33(40(49)43(34)59(6)57-42)30-14-17-60(18-15-30)24-29-12-19-61(20-13-29)45-52-23-36(47)44(56-45)55-38-21-35-39(22-37(38)48)58(5)27(3)32-11-16-46(50,51)28(4)54-41(32)35;1-2-3-1/h9-10,21-23,28-31,53-54H,1-3,7-8,11-20,24H2,4-6H3,(H,52,55,56);1-3H2. The summed E-state index contributed by atoms with van der Waals surface area (Å²) in [6, 6.07) is 5.91. The molecule has 4 aromatic rings. The van der Waals surface area contributed by atoms with Gasteiger partial charge in [0.1, 0.15) is 16.4 Å². The van der Waals surface area contributed by atoms with Crippen molar-refractivity contribution >= 4 is 51.3 Å². The fourth-order valence-electron chi connectivity index (χ4n) is 10.0. The van der Waals surface area contributed by atoms with Gasteiger partial charge in [-0.1, -0.05) is 62.7 Å². The summed E-state index contributed by atoms with van der Waals surface area (Å²) in [5.41, 5.74) is 7.03. The van der Waals surface area contributed by atoms with Crippen LogP contribution >= 0.6 is 11.6 Å². The number of hydrogen-bond acceptors (Lipinski definition) is 9. The Hall–Kier alpha value is -5.08. The van der Waals surface area contributed by atoms with Gasteiger partial charge in [-0.25, -0.2) is 22.5 Å². The highest BCUT2D eigenvalue weighted by Crippen LogP contribution is 2.46. The molecular formula is C49H59ClF4N10. The second kappa shape index (κ2) is 17.7. The summed E-state index contributed by atoms with van der Waals surface area (Å²) in [4.78, 5) is 15.7. The number of halogens is 5. The lowest BCUT2D eigenvalue weighted by atomic mass is 9.86. The van der Waals surface area contributed by atoms with E-state index in [-0.39, 0.29) is 47.0 Å². The molecule has 3 saturated heterocycles. The number of rotatable bonds is 7. The lowest BCUT2D eigenvalue weighted by molar-refractivity contribution is -0.0319. The molecule has 10 rings (SSSR count). The van der Waals surface area contributed by atoms with Crippen molar-refractivity contribution in [1.82, 2.24) is 35.3 Å². The second-order valence-corrected chi connectivity index (χ2v) is 19.0. The number of piperidine rings is 3. The molecule has 2 aromatic carbocycles. The first-order chi connectivity index (χ1) is 30.7. The van der Waals surface area contributed by atoms with E-state index in [4.69, 9.17) is 21.7 Å². The smallest absolute Gasteiger partial charge is 0.267 e. The van der Waals surface area contributed by atoms with Crippen LogP contribution in [0.3, 0.4) is 0 Å². The molecule has 0 bridgehead atoms. The van der Waals surface area contributed by atoms with Gasteiger partial charge in [0.25, 0.3) is 5.92 Å². The van der Waals surface area contributed by atoms with E-state index in [9.17, 15) is 8.78 Å². The number of fused-ring (bicyclic) bond motifs is 3. The molecule has 0 amide bonds. The highest BCUT2D eigenvalue weighted by Gasteiger charge is 2.42. The molecule has 10 nitrogen and oxygen atoms in total. The Morgan fingerprint density at radius 2 is 1.69 bits per heavy atom. The van der Waals surface area contributed by atoms with Crippen LogP contribution in [0.4, 0.5) is 40.7 Å². The average molecular weight is 900 g/mol. The monoisotopic (exact) mass is 898 g/mol. The Morgan fingerprint density at radius 1 is 0.953 bits per heavy atom. The number of anilines is 4. The molecule has 2 unspecified atom stereocenters. The number of likely N-dealkylation sites (tertiary alicyclic amines) is 1. The van der Waals surface area contributed by atoms with Crippen molar-refractivity contribution in [2.45, 2.75) is 101 Å². The predicted octanol–water partition coefficient (Wildman–Crippen LogP) is 10.9. The largest absolute Gasteiger partial charge is 0.376 e. The van der Waals surface area contributed by atoms with Crippen LogP contribution in [-0.4, -0.2) is 76.4 Å². The fourth-order valence-corrected chi connectivity index (χ4v) is 10.1. The van der Waals surface area contributed by atoms with Crippen LogP contribution in [0.25, 0.3) is 16.6 Å². The molecule has 3 N–H and O–H groups in total. The zero-order chi connectivity index (χ0) is 45.0. The lowest BCUT2D eigenvalue weighted by Gasteiger charge is -2.38. The van der Waals surface area contributed by atoms with E-state index in [0.29, 0.717) is 45.6 Å². The molecule has 0 radical (unpaired) electrons. The van der Waals surface area contributed by atoms with Gasteiger partial charge in [0, 0.05) is 85.9 Å². The number of nitrogens with one attached hydrogen (secondary N) is 3. The van der Waals surface area contributed by atoms with Crippen molar-refractivity contribution in [2.24, 2.45) is 13.0 Å². The van der Waals surface area contributed by atoms with Gasteiger partial charge >= 0.3 is 0 Å². The third-order valence-corrected chi connectivity index (χ3v) is 14.4. The molecule has 1 aliphatic carbocycles. The topological polar surface area (TPSA) is 89.4 Å². The molecule has 2 aromatic heterocycles. The van der Waals surface area contributed by atoms with Gasteiger partial charge in [-0.15, -0.1) is 0 Å². The number of allylic oxidation sites excluding steroid dienone is 3. The van der Waals surface area contributed by atoms with Crippen molar-refractivity contribution in [3.8, 4) is 0 Å². The van der Waals surface area contributed by atoms with E-state index in [2.05, 4.69) is 56.5 Å². The Bertz CT molecular complexity index is 2510. The van der Waals surface area contributed by atoms with Crippen molar-refractivity contribution in [3.63, 3.8) is 0 Å². The minimum atomic E-state index is -2.92. The summed E-state index contributed by atoms with van der Waals surface area (Å²) in [6.45, 7) is 18.2. The third kappa shape index (κ3) is 8.71. The van der Waals surface area contributed by atoms with E-state index in [1.807, 2.05) is 13.1 Å². The molecule has 15 heteroatoms. The Labute approximate surface area is 378 Å². The SMILES string of the molecule is C1CC1.C=C1CCC(c2nn(C)c3c(F)c(C4CCN(CC5CCN(c6ncc(Cl)c(Nc7cc8c(cc7F)N(C)C(=C)C7=C8NC(C)C(F)(F)CC7)n6)CC5)CC4)ccc23)C(=C)N1. The van der Waals surface area contributed by atoms with Gasteiger partial charge in [0.2, 0.25) is 5.95 Å². The van der Waals surface area contributed by atoms with Gasteiger partial charge < -0.3 is 30.7 Å². The van der Waals surface area contributed by atoms with Crippen LogP contribution < -0.4 is 25.8 Å². The molecule has 6 aliphatic rings. The van der Waals surface area contributed by atoms with Crippen molar-refractivity contribution in [3.05, 3.63) is 106 Å². The van der Waals surface area contributed by atoms with Crippen LogP contribution in [0.15, 0.2) is 72.9 Å². The number of alkyl halides is 2. The predicted molar refractivity (Wildman–Crippen MR) is 249 cm³/mol. The minimum Gasteiger partial charge on any atom is -0.376 e. The number of likely N-dealkylation sites (N-methyl/N-ethyl adjacent to an activating group) is 1. The van der Waals surface area contributed by atoms with Crippen molar-refractivity contribution in [2.75, 3.05) is 54.9 Å². The van der Waals surface area contributed by atoms with Gasteiger partial charge in [-0.3, -0.25) is 4.68 Å². The first-order valence-electron chi connectivity index (χ1n) is 22.9. The Kier molecular flexibility index (Phi) is 12.2. The highest BCUT2D eigenvalue weighted by molar-refractivity contribution is 6.33. The van der Waals surface area contributed by atoms with Crippen LogP contribution in [0, 0.1) is 17.6 Å². The van der Waals surface area contributed by atoms with Crippen molar-refractivity contribution < 1.29 is 17.6 Å². The minimum absolute atomic E-state index is 0.0179. The number of benzene rings is 2. The molecule has 340 valence electrons. The quantitative estimate of drug-likeness (QED) is 0.157. The molecule has 0 spiro atoms. The summed E-state index contributed by atoms with van der Waals surface area (Å²) in [6.07, 6.45) is 11.2. The first-order valence-corrected chi connectivity index (χ1v) is 23.2. The van der Waals surface area contributed by atoms with Crippen LogP contribution in [0.1, 0.15) is 106 Å². The number of nitrogens with zero attached hydrogens (tertiary/aromatic N) is 7. The normalized spacial score (nSPS) is 22.9. The summed E-state index contributed by atoms with van der Waals surface area (Å²) >= 11 is 6.58. The highest BCUT2D eigenvalue weighted by atomic mass is 35.5. The van der Waals surface area contributed by atoms with Crippen LogP contribution in [0.5, 0.6) is 0 Å². The summed E-state index contributed by atoms with van der Waals surface area (Å²) < 4.78 is 63.3. The van der Waals surface area contributed by atoms with Crippen molar-refractivity contribution in [1.29, 1.82) is 0 Å². The van der Waals surface area contributed by atoms with E-state index < -0.39 is 17.8 Å². The van der Waals surface area contributed by atoms with Gasteiger partial charge in [0.15, 0.2) is 11.6 Å². The van der Waals surface area contributed by atoms with E-state index >= 15 is 8.78 Å². The van der Waals surface area contributed by atoms with E-state index in [1.165, 1.54) is 38.4 Å². The van der Waals surface area contributed by atoms with Gasteiger partial charge in [0.05, 0.1) is 29.3 Å². The van der Waals surface area contributed by atoms with Crippen LogP contribution in [0.2, 0.25) is 5.02 Å². The third-order valence-electron chi connectivity index (χ3n) is 14.1. The second-order valence-electron chi connectivity index (χ2n) is 18.6. The number of hydrogen-bond donors (Lipinski definition) is 3. The summed E-state index contributed by atoms with van der Waals surface area (Å²) in [5.74, 6) is -2.20. The molecular weight excluding hydrogens is 840 g/mol. The molecule has 1 saturated carbocycles. The van der Waals surface area contributed by atoms with Crippen LogP contribution in [-0.2, 0) is 7.05 Å². The molecule has 5 aliphatic heterocycles. The van der Waals surface area contributed by atoms with Gasteiger partial charge in [-0.05, 0) is 94.0 Å². The number of aromatic nitrogens is 4. The van der Waals surface area contributed by atoms with E-state index in [0.717, 1.165) is 99.3 Å². The molecule has 7 heterocycles. The maximum atomic E-state index is 16.3. The zero-order valence-electron chi connectivity index (χ0n) is 37.2. The maximum absolute atomic E-state index is 16.3. The first kappa shape index (κ1) is 44.1. The van der Waals surface area contributed by atoms with E-state index in [1.54, 1.807) is 22.7 Å². The fraction of sp³-hybridized carbons (Fsp3) is 0.490. The Balaban J connectivity index is 0.00000166.